The Morgan fingerprint density at radius 1 is 1.15 bits per heavy atom. The van der Waals surface area contributed by atoms with E-state index in [-0.39, 0.29) is 22.8 Å². The van der Waals surface area contributed by atoms with Gasteiger partial charge in [0, 0.05) is 25.0 Å². The molecule has 1 unspecified atom stereocenters. The summed E-state index contributed by atoms with van der Waals surface area (Å²) in [6, 6.07) is 12.2. The van der Waals surface area contributed by atoms with Crippen molar-refractivity contribution in [3.05, 3.63) is 60.7 Å². The summed E-state index contributed by atoms with van der Waals surface area (Å²) in [6.07, 6.45) is 10.2. The molecule has 2 fully saturated rings. The average molecular weight is 445 g/mol. The fourth-order valence-electron chi connectivity index (χ4n) is 7.23. The van der Waals surface area contributed by atoms with Gasteiger partial charge in [0.15, 0.2) is 0 Å². The van der Waals surface area contributed by atoms with Crippen molar-refractivity contribution in [3.8, 4) is 0 Å². The average Bonchev–Trinajstić information content (AvgIpc) is 3.21. The Morgan fingerprint density at radius 3 is 2.76 bits per heavy atom. The maximum atomic E-state index is 13.1. The topological polar surface area (TPSA) is 59.8 Å². The minimum Gasteiger partial charge on any atom is -0.349 e. The minimum atomic E-state index is -0.0102. The zero-order valence-corrected chi connectivity index (χ0v) is 20.3. The summed E-state index contributed by atoms with van der Waals surface area (Å²) in [5.74, 6) is 1.37. The second-order valence-corrected chi connectivity index (χ2v) is 11.3. The van der Waals surface area contributed by atoms with Gasteiger partial charge in [-0.1, -0.05) is 46.2 Å². The first-order valence-corrected chi connectivity index (χ1v) is 12.4. The molecule has 2 saturated carbocycles. The van der Waals surface area contributed by atoms with Crippen LogP contribution in [0.2, 0.25) is 0 Å². The van der Waals surface area contributed by atoms with Gasteiger partial charge < -0.3 is 9.88 Å². The molecule has 5 atom stereocenters. The molecule has 5 nitrogen and oxygen atoms in total. The third-order valence-electron chi connectivity index (χ3n) is 9.04. The van der Waals surface area contributed by atoms with Gasteiger partial charge in [-0.2, -0.15) is 0 Å². The zero-order valence-electron chi connectivity index (χ0n) is 20.3. The van der Waals surface area contributed by atoms with Crippen molar-refractivity contribution >= 4 is 16.9 Å². The molecule has 1 N–H and O–H groups in total. The van der Waals surface area contributed by atoms with Crippen LogP contribution < -0.4 is 5.32 Å². The number of carbonyl (C=O) groups excluding carboxylic acids is 1. The van der Waals surface area contributed by atoms with Crippen LogP contribution in [0.3, 0.4) is 0 Å². The molecular formula is C28H36N4O. The zero-order chi connectivity index (χ0) is 23.2. The van der Waals surface area contributed by atoms with Gasteiger partial charge in [0.1, 0.15) is 0 Å². The monoisotopic (exact) mass is 444 g/mol. The lowest BCUT2D eigenvalue weighted by molar-refractivity contribution is -0.109. The van der Waals surface area contributed by atoms with Crippen LogP contribution in [0.25, 0.3) is 11.0 Å². The SMILES string of the molecule is C[C@@H]1[C@H](NC(=O)c2cccnc2)CC2C(C)(C)CCC[C@]2(C)[C@H]1Cn1cnc2ccccc21. The van der Waals surface area contributed by atoms with Crippen molar-refractivity contribution in [2.45, 2.75) is 66.0 Å². The first kappa shape index (κ1) is 22.1. The maximum absolute atomic E-state index is 13.1. The van der Waals surface area contributed by atoms with E-state index in [9.17, 15) is 4.79 Å². The van der Waals surface area contributed by atoms with E-state index in [0.29, 0.717) is 23.3 Å². The largest absolute Gasteiger partial charge is 0.349 e. The molecule has 0 bridgehead atoms. The highest BCUT2D eigenvalue weighted by Gasteiger charge is 2.56. The Morgan fingerprint density at radius 2 is 1.97 bits per heavy atom. The van der Waals surface area contributed by atoms with Gasteiger partial charge in [0.25, 0.3) is 5.91 Å². The summed E-state index contributed by atoms with van der Waals surface area (Å²) < 4.78 is 2.34. The molecular weight excluding hydrogens is 408 g/mol. The van der Waals surface area contributed by atoms with E-state index >= 15 is 0 Å². The highest BCUT2D eigenvalue weighted by Crippen LogP contribution is 2.61. The molecule has 2 aliphatic carbocycles. The molecule has 1 amide bonds. The third kappa shape index (κ3) is 3.85. The highest BCUT2D eigenvalue weighted by molar-refractivity contribution is 5.94. The van der Waals surface area contributed by atoms with Crippen molar-refractivity contribution < 1.29 is 4.79 Å². The summed E-state index contributed by atoms with van der Waals surface area (Å²) in [5, 5.41) is 3.42. The van der Waals surface area contributed by atoms with Crippen molar-refractivity contribution in [1.29, 1.82) is 0 Å². The van der Waals surface area contributed by atoms with Crippen LogP contribution in [0, 0.1) is 28.6 Å². The van der Waals surface area contributed by atoms with Crippen LogP contribution in [0.15, 0.2) is 55.1 Å². The van der Waals surface area contributed by atoms with Crippen LogP contribution in [-0.2, 0) is 6.54 Å². The molecule has 0 saturated heterocycles. The van der Waals surface area contributed by atoms with Crippen LogP contribution in [0.5, 0.6) is 0 Å². The van der Waals surface area contributed by atoms with Gasteiger partial charge in [-0.3, -0.25) is 9.78 Å². The van der Waals surface area contributed by atoms with Crippen molar-refractivity contribution in [2.75, 3.05) is 0 Å². The van der Waals surface area contributed by atoms with Crippen molar-refractivity contribution in [1.82, 2.24) is 19.9 Å². The molecule has 174 valence electrons. The predicted molar refractivity (Wildman–Crippen MR) is 132 cm³/mol. The number of pyridine rings is 1. The first-order valence-electron chi connectivity index (χ1n) is 12.4. The van der Waals surface area contributed by atoms with Crippen LogP contribution in [0.4, 0.5) is 0 Å². The first-order chi connectivity index (χ1) is 15.8. The quantitative estimate of drug-likeness (QED) is 0.560. The highest BCUT2D eigenvalue weighted by atomic mass is 16.1. The Balaban J connectivity index is 1.49. The lowest BCUT2D eigenvalue weighted by Crippen LogP contribution is -2.59. The molecule has 5 rings (SSSR count). The fraction of sp³-hybridized carbons (Fsp3) is 0.536. The van der Waals surface area contributed by atoms with Gasteiger partial charge in [0.2, 0.25) is 0 Å². The number of benzene rings is 1. The summed E-state index contributed by atoms with van der Waals surface area (Å²) in [4.78, 5) is 21.9. The number of imidazole rings is 1. The summed E-state index contributed by atoms with van der Waals surface area (Å²) in [6.45, 7) is 10.7. The van der Waals surface area contributed by atoms with Gasteiger partial charge in [0.05, 0.1) is 22.9 Å². The maximum Gasteiger partial charge on any atom is 0.253 e. The summed E-state index contributed by atoms with van der Waals surface area (Å²) in [5.41, 5.74) is 3.38. The number of hydrogen-bond acceptors (Lipinski definition) is 3. The molecule has 0 spiro atoms. The van der Waals surface area contributed by atoms with Crippen LogP contribution in [-0.4, -0.2) is 26.5 Å². The number of fused-ring (bicyclic) bond motifs is 2. The van der Waals surface area contributed by atoms with Gasteiger partial charge in [-0.15, -0.1) is 0 Å². The van der Waals surface area contributed by atoms with E-state index in [1.54, 1.807) is 12.4 Å². The van der Waals surface area contributed by atoms with Crippen molar-refractivity contribution in [3.63, 3.8) is 0 Å². The number of nitrogens with zero attached hydrogens (tertiary/aromatic N) is 3. The molecule has 3 aromatic rings. The number of rotatable bonds is 4. The molecule has 1 aromatic carbocycles. The molecule has 0 aliphatic heterocycles. The number of amides is 1. The number of hydrogen-bond donors (Lipinski definition) is 1. The lowest BCUT2D eigenvalue weighted by atomic mass is 9.45. The molecule has 2 heterocycles. The number of para-hydroxylation sites is 2. The van der Waals surface area contributed by atoms with Crippen LogP contribution in [0.1, 0.15) is 63.7 Å². The molecule has 5 heteroatoms. The minimum absolute atomic E-state index is 0.0102. The second-order valence-electron chi connectivity index (χ2n) is 11.3. The summed E-state index contributed by atoms with van der Waals surface area (Å²) in [7, 11) is 0. The third-order valence-corrected chi connectivity index (χ3v) is 9.04. The molecule has 0 radical (unpaired) electrons. The molecule has 33 heavy (non-hydrogen) atoms. The Hall–Kier alpha value is -2.69. The molecule has 2 aromatic heterocycles. The van der Waals surface area contributed by atoms with Gasteiger partial charge in [-0.05, 0) is 72.1 Å². The van der Waals surface area contributed by atoms with E-state index in [2.05, 4.69) is 65.7 Å². The van der Waals surface area contributed by atoms with Crippen molar-refractivity contribution in [2.24, 2.45) is 28.6 Å². The van der Waals surface area contributed by atoms with E-state index in [1.165, 1.54) is 24.8 Å². The van der Waals surface area contributed by atoms with Crippen LogP contribution >= 0.6 is 0 Å². The van der Waals surface area contributed by atoms with E-state index < -0.39 is 0 Å². The standard InChI is InChI=1S/C28H36N4O/c1-19-21(17-32-18-30-22-10-5-6-11-24(22)32)28(4)13-8-12-27(2,3)25(28)15-23(19)31-26(33)20-9-7-14-29-16-20/h5-7,9-11,14,16,18-19,21,23,25H,8,12-13,15,17H2,1-4H3,(H,31,33)/t19-,21-,23+,25?,28+/m0/s1. The van der Waals surface area contributed by atoms with Gasteiger partial charge >= 0.3 is 0 Å². The Kier molecular flexibility index (Phi) is 5.54. The fourth-order valence-corrected chi connectivity index (χ4v) is 7.23. The smallest absolute Gasteiger partial charge is 0.253 e. The number of carbonyl (C=O) groups is 1. The second kappa shape index (κ2) is 8.27. The predicted octanol–water partition coefficient (Wildman–Crippen LogP) is 5.72. The van der Waals surface area contributed by atoms with E-state index in [1.807, 2.05) is 24.5 Å². The van der Waals surface area contributed by atoms with Gasteiger partial charge in [-0.25, -0.2) is 4.98 Å². The number of aromatic nitrogens is 3. The molecule has 2 aliphatic rings. The number of nitrogens with one attached hydrogen (secondary N) is 1. The Labute approximate surface area is 197 Å². The van der Waals surface area contributed by atoms with E-state index in [0.717, 1.165) is 18.5 Å². The normalized spacial score (nSPS) is 31.2. The Bertz CT molecular complexity index is 1140. The van der Waals surface area contributed by atoms with E-state index in [4.69, 9.17) is 0 Å². The summed E-state index contributed by atoms with van der Waals surface area (Å²) >= 11 is 0. The lowest BCUT2D eigenvalue weighted by Gasteiger charge is -2.61.